The molecule has 0 aliphatic heterocycles. The Hall–Kier alpha value is -0.930. The van der Waals surface area contributed by atoms with Crippen molar-refractivity contribution in [1.82, 2.24) is 15.2 Å². The summed E-state index contributed by atoms with van der Waals surface area (Å²) in [6.07, 6.45) is 8.21. The number of hydrogen-bond donors (Lipinski definition) is 1. The molecule has 1 N–H and O–H groups in total. The van der Waals surface area contributed by atoms with Crippen molar-refractivity contribution >= 4 is 0 Å². The van der Waals surface area contributed by atoms with E-state index in [-0.39, 0.29) is 0 Å². The second-order valence-electron chi connectivity index (χ2n) is 5.73. The van der Waals surface area contributed by atoms with Crippen molar-refractivity contribution in [1.29, 1.82) is 0 Å². The average molecular weight is 277 g/mol. The lowest BCUT2D eigenvalue weighted by Gasteiger charge is -2.19. The van der Waals surface area contributed by atoms with Crippen LogP contribution in [0.1, 0.15) is 45.2 Å². The van der Waals surface area contributed by atoms with Crippen LogP contribution < -0.4 is 5.32 Å². The summed E-state index contributed by atoms with van der Waals surface area (Å²) in [5.74, 6) is 0. The Labute approximate surface area is 124 Å². The van der Waals surface area contributed by atoms with Crippen LogP contribution in [0.5, 0.6) is 0 Å². The van der Waals surface area contributed by atoms with Crippen molar-refractivity contribution in [2.45, 2.75) is 52.0 Å². The monoisotopic (exact) mass is 277 g/mol. The van der Waals surface area contributed by atoms with Gasteiger partial charge in [-0.1, -0.05) is 32.3 Å². The maximum absolute atomic E-state index is 4.36. The number of aromatic nitrogens is 1. The van der Waals surface area contributed by atoms with E-state index >= 15 is 0 Å². The molecule has 1 atom stereocenters. The van der Waals surface area contributed by atoms with Crippen LogP contribution in [0.15, 0.2) is 24.4 Å². The van der Waals surface area contributed by atoms with E-state index in [1.807, 2.05) is 12.3 Å². The molecule has 1 unspecified atom stereocenters. The molecule has 0 saturated carbocycles. The van der Waals surface area contributed by atoms with Gasteiger partial charge in [-0.05, 0) is 32.5 Å². The highest BCUT2D eigenvalue weighted by molar-refractivity contribution is 5.03. The smallest absolute Gasteiger partial charge is 0.0416 e. The lowest BCUT2D eigenvalue weighted by molar-refractivity contribution is 0.325. The molecular weight excluding hydrogens is 246 g/mol. The molecule has 20 heavy (non-hydrogen) atoms. The molecule has 0 saturated heterocycles. The Kier molecular flexibility index (Phi) is 9.25. The summed E-state index contributed by atoms with van der Waals surface area (Å²) in [6.45, 7) is 7.80. The van der Waals surface area contributed by atoms with E-state index in [2.05, 4.69) is 48.2 Å². The van der Waals surface area contributed by atoms with Crippen LogP contribution >= 0.6 is 0 Å². The molecular formula is C17H31N3. The average Bonchev–Trinajstić information content (AvgIpc) is 2.46. The summed E-state index contributed by atoms with van der Waals surface area (Å²) >= 11 is 0. The van der Waals surface area contributed by atoms with Gasteiger partial charge < -0.3 is 10.2 Å². The van der Waals surface area contributed by atoms with Crippen molar-refractivity contribution in [2.24, 2.45) is 0 Å². The maximum atomic E-state index is 4.36. The van der Waals surface area contributed by atoms with Crippen LogP contribution in [-0.4, -0.2) is 42.6 Å². The van der Waals surface area contributed by atoms with Gasteiger partial charge in [0.15, 0.2) is 0 Å². The molecule has 3 heteroatoms. The molecule has 0 radical (unpaired) electrons. The van der Waals surface area contributed by atoms with Crippen LogP contribution in [0.25, 0.3) is 0 Å². The minimum Gasteiger partial charge on any atom is -0.313 e. The first-order chi connectivity index (χ1) is 9.72. The zero-order chi connectivity index (χ0) is 14.6. The first kappa shape index (κ1) is 17.1. The molecule has 0 aliphatic rings. The summed E-state index contributed by atoms with van der Waals surface area (Å²) in [7, 11) is 2.19. The molecule has 0 aliphatic carbocycles. The Morgan fingerprint density at radius 3 is 2.80 bits per heavy atom. The van der Waals surface area contributed by atoms with E-state index in [0.29, 0.717) is 6.04 Å². The first-order valence-corrected chi connectivity index (χ1v) is 8.04. The van der Waals surface area contributed by atoms with Crippen molar-refractivity contribution < 1.29 is 0 Å². The Morgan fingerprint density at radius 1 is 1.25 bits per heavy atom. The molecule has 0 aromatic carbocycles. The van der Waals surface area contributed by atoms with Gasteiger partial charge in [0.2, 0.25) is 0 Å². The van der Waals surface area contributed by atoms with Gasteiger partial charge >= 0.3 is 0 Å². The summed E-state index contributed by atoms with van der Waals surface area (Å²) in [5.41, 5.74) is 1.18. The zero-order valence-corrected chi connectivity index (χ0v) is 13.4. The second-order valence-corrected chi connectivity index (χ2v) is 5.73. The highest BCUT2D eigenvalue weighted by atomic mass is 15.1. The molecule has 0 fully saturated rings. The Bertz CT molecular complexity index is 326. The van der Waals surface area contributed by atoms with Crippen LogP contribution in [0, 0.1) is 0 Å². The minimum absolute atomic E-state index is 0.644. The third kappa shape index (κ3) is 8.28. The van der Waals surface area contributed by atoms with Crippen molar-refractivity contribution in [3.8, 4) is 0 Å². The molecule has 0 amide bonds. The van der Waals surface area contributed by atoms with E-state index in [4.69, 9.17) is 0 Å². The van der Waals surface area contributed by atoms with Gasteiger partial charge in [-0.25, -0.2) is 0 Å². The van der Waals surface area contributed by atoms with Crippen LogP contribution in [0.3, 0.4) is 0 Å². The van der Waals surface area contributed by atoms with E-state index in [0.717, 1.165) is 26.1 Å². The highest BCUT2D eigenvalue weighted by Gasteiger charge is 2.03. The lowest BCUT2D eigenvalue weighted by Crippen LogP contribution is -2.35. The largest absolute Gasteiger partial charge is 0.313 e. The van der Waals surface area contributed by atoms with Gasteiger partial charge in [-0.15, -0.1) is 0 Å². The van der Waals surface area contributed by atoms with Gasteiger partial charge in [-0.2, -0.15) is 0 Å². The van der Waals surface area contributed by atoms with Gasteiger partial charge in [0.25, 0.3) is 0 Å². The van der Waals surface area contributed by atoms with Crippen molar-refractivity contribution in [3.05, 3.63) is 30.1 Å². The third-order valence-electron chi connectivity index (χ3n) is 3.70. The quantitative estimate of drug-likeness (QED) is 0.630. The normalized spacial score (nSPS) is 12.8. The van der Waals surface area contributed by atoms with Gasteiger partial charge in [0, 0.05) is 44.0 Å². The fraction of sp³-hybridized carbons (Fsp3) is 0.706. The molecule has 1 aromatic rings. The highest BCUT2D eigenvalue weighted by Crippen LogP contribution is 2.02. The van der Waals surface area contributed by atoms with E-state index in [1.54, 1.807) is 0 Å². The number of nitrogens with one attached hydrogen (secondary N) is 1. The molecule has 1 aromatic heterocycles. The summed E-state index contributed by atoms with van der Waals surface area (Å²) in [4.78, 5) is 6.73. The molecule has 1 heterocycles. The Morgan fingerprint density at radius 2 is 2.10 bits per heavy atom. The van der Waals surface area contributed by atoms with Gasteiger partial charge in [0.1, 0.15) is 0 Å². The predicted molar refractivity (Wildman–Crippen MR) is 87.0 cm³/mol. The topological polar surface area (TPSA) is 28.2 Å². The first-order valence-electron chi connectivity index (χ1n) is 8.04. The summed E-state index contributed by atoms with van der Waals surface area (Å²) in [6, 6.07) is 6.77. The van der Waals surface area contributed by atoms with Crippen molar-refractivity contribution in [2.75, 3.05) is 26.7 Å². The van der Waals surface area contributed by atoms with Crippen LogP contribution in [-0.2, 0) is 6.42 Å². The van der Waals surface area contributed by atoms with E-state index in [9.17, 15) is 0 Å². The third-order valence-corrected chi connectivity index (χ3v) is 3.70. The number of pyridine rings is 1. The Balaban J connectivity index is 2.03. The fourth-order valence-electron chi connectivity index (χ4n) is 2.27. The summed E-state index contributed by atoms with van der Waals surface area (Å²) < 4.78 is 0. The number of unbranched alkanes of at least 4 members (excludes halogenated alkanes) is 2. The number of hydrogen-bond acceptors (Lipinski definition) is 3. The van der Waals surface area contributed by atoms with Crippen LogP contribution in [0.4, 0.5) is 0 Å². The predicted octanol–water partition coefficient (Wildman–Crippen LogP) is 3.11. The standard InChI is InChI=1S/C17H31N3/c1-4-5-6-9-16(2)18-13-15-20(3)14-11-17-10-7-8-12-19-17/h7-8,10,12,16,18H,4-6,9,11,13-15H2,1-3H3. The molecule has 0 bridgehead atoms. The molecule has 114 valence electrons. The summed E-state index contributed by atoms with van der Waals surface area (Å²) in [5, 5.41) is 3.61. The van der Waals surface area contributed by atoms with Crippen LogP contribution in [0.2, 0.25) is 0 Å². The fourth-order valence-corrected chi connectivity index (χ4v) is 2.27. The lowest BCUT2D eigenvalue weighted by atomic mass is 10.1. The molecule has 3 nitrogen and oxygen atoms in total. The zero-order valence-electron chi connectivity index (χ0n) is 13.4. The minimum atomic E-state index is 0.644. The SMILES string of the molecule is CCCCCC(C)NCCN(C)CCc1ccccn1. The number of rotatable bonds is 11. The number of nitrogens with zero attached hydrogens (tertiary/aromatic N) is 2. The van der Waals surface area contributed by atoms with Crippen molar-refractivity contribution in [3.63, 3.8) is 0 Å². The maximum Gasteiger partial charge on any atom is 0.0416 e. The molecule has 0 spiro atoms. The second kappa shape index (κ2) is 10.8. The van der Waals surface area contributed by atoms with Gasteiger partial charge in [0.05, 0.1) is 0 Å². The van der Waals surface area contributed by atoms with Gasteiger partial charge in [-0.3, -0.25) is 4.98 Å². The molecule has 1 rings (SSSR count). The van der Waals surface area contributed by atoms with E-state index in [1.165, 1.54) is 31.4 Å². The van der Waals surface area contributed by atoms with E-state index < -0.39 is 0 Å². The number of likely N-dealkylation sites (N-methyl/N-ethyl adjacent to an activating group) is 1.